The van der Waals surface area contributed by atoms with Gasteiger partial charge in [0, 0.05) is 38.2 Å². The molecule has 172 valence electrons. The molecule has 1 fully saturated rings. The zero-order valence-corrected chi connectivity index (χ0v) is 18.6. The number of amides is 2. The molecule has 33 heavy (non-hydrogen) atoms. The number of carbonyl (C=O) groups excluding carboxylic acids is 2. The van der Waals surface area contributed by atoms with Gasteiger partial charge in [-0.25, -0.2) is 4.39 Å². The second kappa shape index (κ2) is 10.3. The first-order valence-electron chi connectivity index (χ1n) is 11.1. The van der Waals surface area contributed by atoms with Crippen molar-refractivity contribution in [3.63, 3.8) is 0 Å². The van der Waals surface area contributed by atoms with Crippen molar-refractivity contribution in [1.82, 2.24) is 9.80 Å². The largest absolute Gasteiger partial charge is 0.497 e. The van der Waals surface area contributed by atoms with Gasteiger partial charge in [0.1, 0.15) is 17.3 Å². The lowest BCUT2D eigenvalue weighted by Crippen LogP contribution is -2.37. The first-order valence-corrected chi connectivity index (χ1v) is 11.1. The van der Waals surface area contributed by atoms with Gasteiger partial charge in [-0.15, -0.1) is 0 Å². The molecule has 7 heteroatoms. The van der Waals surface area contributed by atoms with Gasteiger partial charge in [0.25, 0.3) is 5.91 Å². The van der Waals surface area contributed by atoms with E-state index in [2.05, 4.69) is 0 Å². The summed E-state index contributed by atoms with van der Waals surface area (Å²) in [6.07, 6.45) is 1.81. The summed E-state index contributed by atoms with van der Waals surface area (Å²) >= 11 is 0. The Hall–Kier alpha value is -3.61. The molecule has 0 saturated carbocycles. The second-order valence-corrected chi connectivity index (χ2v) is 8.05. The minimum Gasteiger partial charge on any atom is -0.497 e. The molecule has 4 rings (SSSR count). The van der Waals surface area contributed by atoms with Crippen molar-refractivity contribution in [1.29, 1.82) is 0 Å². The van der Waals surface area contributed by atoms with Crippen molar-refractivity contribution in [3.05, 3.63) is 77.8 Å². The number of hydrogen-bond acceptors (Lipinski definition) is 4. The number of methoxy groups -OCH3 is 1. The van der Waals surface area contributed by atoms with E-state index < -0.39 is 0 Å². The fourth-order valence-corrected chi connectivity index (χ4v) is 3.95. The van der Waals surface area contributed by atoms with Crippen LogP contribution in [-0.4, -0.2) is 54.9 Å². The van der Waals surface area contributed by atoms with Crippen LogP contribution in [0.5, 0.6) is 5.75 Å². The molecule has 2 heterocycles. The maximum absolute atomic E-state index is 13.1. The highest BCUT2D eigenvalue weighted by atomic mass is 19.1. The van der Waals surface area contributed by atoms with E-state index >= 15 is 0 Å². The van der Waals surface area contributed by atoms with E-state index in [4.69, 9.17) is 9.15 Å². The van der Waals surface area contributed by atoms with E-state index in [1.165, 1.54) is 12.1 Å². The third-order valence-corrected chi connectivity index (χ3v) is 5.87. The van der Waals surface area contributed by atoms with Gasteiger partial charge in [0.15, 0.2) is 5.76 Å². The maximum Gasteiger partial charge on any atom is 0.289 e. The first-order chi connectivity index (χ1) is 16.0. The minimum atomic E-state index is -0.325. The molecular weight excluding hydrogens is 423 g/mol. The normalized spacial score (nSPS) is 14.1. The van der Waals surface area contributed by atoms with E-state index in [-0.39, 0.29) is 23.4 Å². The molecule has 0 aliphatic carbocycles. The van der Waals surface area contributed by atoms with Gasteiger partial charge < -0.3 is 19.0 Å². The number of carbonyl (C=O) groups is 2. The molecule has 0 spiro atoms. The number of halogens is 1. The van der Waals surface area contributed by atoms with Gasteiger partial charge in [-0.3, -0.25) is 9.59 Å². The third-order valence-electron chi connectivity index (χ3n) is 5.87. The molecule has 0 radical (unpaired) electrons. The summed E-state index contributed by atoms with van der Waals surface area (Å²) < 4.78 is 24.1. The molecule has 1 saturated heterocycles. The zero-order valence-electron chi connectivity index (χ0n) is 18.6. The van der Waals surface area contributed by atoms with E-state index in [1.54, 1.807) is 36.3 Å². The van der Waals surface area contributed by atoms with Gasteiger partial charge in [-0.2, -0.15) is 0 Å². The van der Waals surface area contributed by atoms with Crippen LogP contribution in [0.1, 0.15) is 29.0 Å². The zero-order chi connectivity index (χ0) is 23.2. The molecule has 6 nitrogen and oxygen atoms in total. The Morgan fingerprint density at radius 3 is 2.33 bits per heavy atom. The molecule has 1 aliphatic heterocycles. The molecule has 0 unspecified atom stereocenters. The van der Waals surface area contributed by atoms with Crippen LogP contribution in [0.15, 0.2) is 65.1 Å². The van der Waals surface area contributed by atoms with Crippen molar-refractivity contribution >= 4 is 11.8 Å². The first kappa shape index (κ1) is 22.6. The van der Waals surface area contributed by atoms with Crippen molar-refractivity contribution in [3.8, 4) is 17.1 Å². The maximum atomic E-state index is 13.1. The van der Waals surface area contributed by atoms with Crippen LogP contribution in [0.3, 0.4) is 0 Å². The average molecular weight is 451 g/mol. The quantitative estimate of drug-likeness (QED) is 0.558. The lowest BCUT2D eigenvalue weighted by Gasteiger charge is -2.21. The minimum absolute atomic E-state index is 0.0942. The average Bonchev–Trinajstić information content (AvgIpc) is 3.20. The lowest BCUT2D eigenvalue weighted by atomic mass is 10.1. The van der Waals surface area contributed by atoms with Crippen molar-refractivity contribution in [2.45, 2.75) is 19.3 Å². The Morgan fingerprint density at radius 1 is 0.909 bits per heavy atom. The Morgan fingerprint density at radius 2 is 1.61 bits per heavy atom. The Kier molecular flexibility index (Phi) is 7.07. The van der Waals surface area contributed by atoms with Crippen LogP contribution >= 0.6 is 0 Å². The molecule has 0 atom stereocenters. The number of benzene rings is 2. The number of hydrogen-bond donors (Lipinski definition) is 0. The van der Waals surface area contributed by atoms with Crippen molar-refractivity contribution in [2.75, 3.05) is 33.3 Å². The summed E-state index contributed by atoms with van der Waals surface area (Å²) in [6.45, 7) is 2.15. The number of nitrogens with zero attached hydrogens (tertiary/aromatic N) is 2. The summed E-state index contributed by atoms with van der Waals surface area (Å²) in [5, 5.41) is 0. The molecular formula is C26H27FN2O4. The van der Waals surface area contributed by atoms with E-state index in [1.807, 2.05) is 29.2 Å². The third kappa shape index (κ3) is 5.61. The van der Waals surface area contributed by atoms with Gasteiger partial charge in [-0.05, 0) is 66.9 Å². The summed E-state index contributed by atoms with van der Waals surface area (Å²) in [5.41, 5.74) is 1.80. The van der Waals surface area contributed by atoms with Gasteiger partial charge >= 0.3 is 0 Å². The van der Waals surface area contributed by atoms with Crippen molar-refractivity contribution < 1.29 is 23.1 Å². The topological polar surface area (TPSA) is 63.0 Å². The fourth-order valence-electron chi connectivity index (χ4n) is 3.95. The Bertz CT molecular complexity index is 1090. The molecule has 2 aromatic carbocycles. The smallest absolute Gasteiger partial charge is 0.289 e. The summed E-state index contributed by atoms with van der Waals surface area (Å²) in [5.74, 6) is 1.13. The Balaban J connectivity index is 1.31. The van der Waals surface area contributed by atoms with Crippen LogP contribution in [0.2, 0.25) is 0 Å². The number of rotatable bonds is 6. The van der Waals surface area contributed by atoms with Crippen LogP contribution in [0.4, 0.5) is 4.39 Å². The highest BCUT2D eigenvalue weighted by molar-refractivity contribution is 5.92. The summed E-state index contributed by atoms with van der Waals surface area (Å²) in [4.78, 5) is 29.2. The van der Waals surface area contributed by atoms with Gasteiger partial charge in [0.2, 0.25) is 5.91 Å². The highest BCUT2D eigenvalue weighted by Gasteiger charge is 2.24. The Labute approximate surface area is 192 Å². The summed E-state index contributed by atoms with van der Waals surface area (Å²) in [6, 6.07) is 17.0. The number of aryl methyl sites for hydroxylation is 1. The molecule has 3 aromatic rings. The van der Waals surface area contributed by atoms with Crippen LogP contribution in [0.25, 0.3) is 11.3 Å². The van der Waals surface area contributed by atoms with Crippen LogP contribution < -0.4 is 4.74 Å². The summed E-state index contributed by atoms with van der Waals surface area (Å²) in [7, 11) is 1.63. The standard InChI is InChI=1S/C26H27FN2O4/c1-32-22-10-3-19(4-11-22)5-14-25(30)28-15-2-16-29(18-17-28)26(31)24-13-12-23(33-24)20-6-8-21(27)9-7-20/h3-4,6-13H,2,5,14-18H2,1H3. The van der Waals surface area contributed by atoms with E-state index in [9.17, 15) is 14.0 Å². The predicted molar refractivity (Wildman–Crippen MR) is 123 cm³/mol. The molecule has 1 aromatic heterocycles. The SMILES string of the molecule is COc1ccc(CCC(=O)N2CCCN(C(=O)c3ccc(-c4ccc(F)cc4)o3)CC2)cc1. The van der Waals surface area contributed by atoms with Gasteiger partial charge in [0.05, 0.1) is 7.11 Å². The highest BCUT2D eigenvalue weighted by Crippen LogP contribution is 2.23. The lowest BCUT2D eigenvalue weighted by molar-refractivity contribution is -0.131. The van der Waals surface area contributed by atoms with E-state index in [0.29, 0.717) is 56.8 Å². The molecule has 2 amide bonds. The van der Waals surface area contributed by atoms with Crippen LogP contribution in [-0.2, 0) is 11.2 Å². The predicted octanol–water partition coefficient (Wildman–Crippen LogP) is 4.40. The molecule has 1 aliphatic rings. The molecule has 0 bridgehead atoms. The second-order valence-electron chi connectivity index (χ2n) is 8.05. The monoisotopic (exact) mass is 450 g/mol. The number of furan rings is 1. The fraction of sp³-hybridized carbons (Fsp3) is 0.308. The molecule has 0 N–H and O–H groups in total. The number of ether oxygens (including phenoxy) is 1. The van der Waals surface area contributed by atoms with Crippen LogP contribution in [0, 0.1) is 5.82 Å². The van der Waals surface area contributed by atoms with Gasteiger partial charge in [-0.1, -0.05) is 12.1 Å². The van der Waals surface area contributed by atoms with E-state index in [0.717, 1.165) is 11.3 Å². The van der Waals surface area contributed by atoms with Crippen molar-refractivity contribution in [2.24, 2.45) is 0 Å².